The fourth-order valence-corrected chi connectivity index (χ4v) is 5.64. The van der Waals surface area contributed by atoms with Crippen molar-refractivity contribution in [3.8, 4) is 0 Å². The molecule has 0 aromatic carbocycles. The number of carbonyl (C=O) groups is 1. The summed E-state index contributed by atoms with van der Waals surface area (Å²) in [4.78, 5) is 20.4. The number of rotatable bonds is 4. The zero-order valence-corrected chi connectivity index (χ0v) is 15.8. The smallest absolute Gasteiger partial charge is 0.225 e. The van der Waals surface area contributed by atoms with E-state index in [0.717, 1.165) is 47.6 Å². The van der Waals surface area contributed by atoms with Crippen molar-refractivity contribution in [2.75, 3.05) is 24.6 Å². The first-order valence-corrected chi connectivity index (χ1v) is 10.6. The topological polar surface area (TPSA) is 45.2 Å². The third-order valence-electron chi connectivity index (χ3n) is 4.92. The van der Waals surface area contributed by atoms with E-state index in [1.165, 1.54) is 24.3 Å². The van der Waals surface area contributed by atoms with E-state index in [4.69, 9.17) is 0 Å². The molecular weight excluding hydrogens is 326 g/mol. The number of aryl methyl sites for hydroxylation is 2. The molecule has 6 heteroatoms. The Bertz CT molecular complexity index is 532. The van der Waals surface area contributed by atoms with Gasteiger partial charge in [-0.15, -0.1) is 11.3 Å². The molecule has 1 N–H and O–H groups in total. The van der Waals surface area contributed by atoms with Crippen molar-refractivity contribution in [2.24, 2.45) is 0 Å². The molecule has 3 heterocycles. The van der Waals surface area contributed by atoms with Gasteiger partial charge in [-0.05, 0) is 51.0 Å². The third-order valence-corrected chi connectivity index (χ3v) is 7.04. The minimum atomic E-state index is 0.157. The van der Waals surface area contributed by atoms with E-state index >= 15 is 0 Å². The molecule has 3 rings (SSSR count). The van der Waals surface area contributed by atoms with Gasteiger partial charge in [-0.25, -0.2) is 4.98 Å². The molecule has 0 bridgehead atoms. The van der Waals surface area contributed by atoms with Crippen molar-refractivity contribution in [1.82, 2.24) is 15.2 Å². The Hall–Kier alpha value is -0.590. The van der Waals surface area contributed by atoms with Crippen LogP contribution in [-0.2, 0) is 11.2 Å². The van der Waals surface area contributed by atoms with Crippen LogP contribution in [0.1, 0.15) is 41.3 Å². The first kappa shape index (κ1) is 17.2. The van der Waals surface area contributed by atoms with Gasteiger partial charge in [0.2, 0.25) is 5.91 Å². The molecule has 0 aliphatic carbocycles. The summed E-state index contributed by atoms with van der Waals surface area (Å²) in [7, 11) is 0. The fraction of sp³-hybridized carbons (Fsp3) is 0.765. The van der Waals surface area contributed by atoms with E-state index in [-0.39, 0.29) is 5.91 Å². The van der Waals surface area contributed by atoms with Crippen molar-refractivity contribution in [2.45, 2.75) is 58.0 Å². The van der Waals surface area contributed by atoms with Gasteiger partial charge in [0.05, 0.1) is 17.1 Å². The highest BCUT2D eigenvalue weighted by Crippen LogP contribution is 2.24. The molecule has 0 unspecified atom stereocenters. The van der Waals surface area contributed by atoms with Crippen LogP contribution in [0.4, 0.5) is 0 Å². The molecule has 2 aliphatic heterocycles. The van der Waals surface area contributed by atoms with Crippen LogP contribution in [0.25, 0.3) is 0 Å². The number of piperidine rings is 1. The van der Waals surface area contributed by atoms with Crippen molar-refractivity contribution < 1.29 is 4.79 Å². The average molecular weight is 354 g/mol. The normalized spacial score (nSPS) is 21.5. The number of carbonyl (C=O) groups excluding carboxylic acids is 1. The van der Waals surface area contributed by atoms with Gasteiger partial charge >= 0.3 is 0 Å². The van der Waals surface area contributed by atoms with E-state index in [0.29, 0.717) is 12.5 Å². The summed E-state index contributed by atoms with van der Waals surface area (Å²) in [5.41, 5.74) is 1.01. The molecule has 0 saturated carbocycles. The maximum atomic E-state index is 12.3. The van der Waals surface area contributed by atoms with Crippen molar-refractivity contribution in [3.63, 3.8) is 0 Å². The standard InChI is InChI=1S/C17H27N3OS2/c1-12-16(23-13(2)18-12)11-17(21)19-14-3-7-20(8-4-14)15-5-9-22-10-6-15/h14-15H,3-11H2,1-2H3,(H,19,21). The molecule has 0 spiro atoms. The number of thiazole rings is 1. The van der Waals surface area contributed by atoms with Gasteiger partial charge < -0.3 is 10.2 Å². The molecule has 1 aromatic heterocycles. The van der Waals surface area contributed by atoms with Crippen LogP contribution in [0.15, 0.2) is 0 Å². The summed E-state index contributed by atoms with van der Waals surface area (Å²) in [5, 5.41) is 4.28. The zero-order chi connectivity index (χ0) is 16.2. The maximum Gasteiger partial charge on any atom is 0.225 e. The number of likely N-dealkylation sites (tertiary alicyclic amines) is 1. The minimum absolute atomic E-state index is 0.157. The van der Waals surface area contributed by atoms with Gasteiger partial charge in [-0.3, -0.25) is 4.79 Å². The Morgan fingerprint density at radius 1 is 1.22 bits per heavy atom. The highest BCUT2D eigenvalue weighted by atomic mass is 32.2. The number of hydrogen-bond acceptors (Lipinski definition) is 5. The molecule has 2 saturated heterocycles. The van der Waals surface area contributed by atoms with Crippen LogP contribution in [0.3, 0.4) is 0 Å². The van der Waals surface area contributed by atoms with Gasteiger partial charge in [-0.1, -0.05) is 0 Å². The molecule has 2 aliphatic rings. The predicted octanol–water partition coefficient (Wildman–Crippen LogP) is 2.78. The number of amides is 1. The van der Waals surface area contributed by atoms with Gasteiger partial charge in [0.15, 0.2) is 0 Å². The van der Waals surface area contributed by atoms with E-state index in [1.54, 1.807) is 11.3 Å². The van der Waals surface area contributed by atoms with Crippen LogP contribution in [0.2, 0.25) is 0 Å². The van der Waals surface area contributed by atoms with Crippen molar-refractivity contribution >= 4 is 29.0 Å². The molecule has 23 heavy (non-hydrogen) atoms. The van der Waals surface area contributed by atoms with Crippen LogP contribution in [0.5, 0.6) is 0 Å². The lowest BCUT2D eigenvalue weighted by atomic mass is 10.0. The summed E-state index contributed by atoms with van der Waals surface area (Å²) in [5.74, 6) is 2.79. The average Bonchev–Trinajstić information content (AvgIpc) is 2.86. The number of nitrogens with one attached hydrogen (secondary N) is 1. The van der Waals surface area contributed by atoms with Gasteiger partial charge in [0.1, 0.15) is 0 Å². The second-order valence-corrected chi connectivity index (χ2v) is 9.15. The molecule has 0 atom stereocenters. The molecule has 4 nitrogen and oxygen atoms in total. The second kappa shape index (κ2) is 7.99. The Morgan fingerprint density at radius 2 is 1.91 bits per heavy atom. The van der Waals surface area contributed by atoms with Crippen LogP contribution in [0, 0.1) is 13.8 Å². The lowest BCUT2D eigenvalue weighted by Crippen LogP contribution is -2.49. The lowest BCUT2D eigenvalue weighted by molar-refractivity contribution is -0.121. The molecular formula is C17H27N3OS2. The summed E-state index contributed by atoms with van der Waals surface area (Å²) in [6, 6.07) is 1.14. The molecule has 2 fully saturated rings. The predicted molar refractivity (Wildman–Crippen MR) is 98.4 cm³/mol. The van der Waals surface area contributed by atoms with Crippen molar-refractivity contribution in [1.29, 1.82) is 0 Å². The molecule has 0 radical (unpaired) electrons. The summed E-state index contributed by atoms with van der Waals surface area (Å²) in [6.07, 6.45) is 5.35. The lowest BCUT2D eigenvalue weighted by Gasteiger charge is -2.39. The number of nitrogens with zero attached hydrogens (tertiary/aromatic N) is 2. The third kappa shape index (κ3) is 4.70. The minimum Gasteiger partial charge on any atom is -0.353 e. The van der Waals surface area contributed by atoms with E-state index in [1.807, 2.05) is 13.8 Å². The molecule has 128 valence electrons. The Labute approximate surface area is 147 Å². The summed E-state index contributed by atoms with van der Waals surface area (Å²) < 4.78 is 0. The fourth-order valence-electron chi connectivity index (χ4n) is 3.62. The monoisotopic (exact) mass is 353 g/mol. The SMILES string of the molecule is Cc1nc(C)c(CC(=O)NC2CCN(C3CCSCC3)CC2)s1. The van der Waals surface area contributed by atoms with Crippen LogP contribution in [-0.4, -0.2) is 52.5 Å². The Morgan fingerprint density at radius 3 is 2.52 bits per heavy atom. The van der Waals surface area contributed by atoms with Gasteiger partial charge in [0.25, 0.3) is 0 Å². The zero-order valence-electron chi connectivity index (χ0n) is 14.1. The molecule has 1 amide bonds. The van der Waals surface area contributed by atoms with E-state index < -0.39 is 0 Å². The summed E-state index contributed by atoms with van der Waals surface area (Å²) in [6.45, 7) is 6.27. The Kier molecular flexibility index (Phi) is 5.99. The highest BCUT2D eigenvalue weighted by molar-refractivity contribution is 7.99. The highest BCUT2D eigenvalue weighted by Gasteiger charge is 2.27. The molecule has 1 aromatic rings. The van der Waals surface area contributed by atoms with Crippen LogP contribution < -0.4 is 5.32 Å². The number of hydrogen-bond donors (Lipinski definition) is 1. The quantitative estimate of drug-likeness (QED) is 0.904. The Balaban J connectivity index is 1.43. The second-order valence-electron chi connectivity index (χ2n) is 6.64. The van der Waals surface area contributed by atoms with E-state index in [9.17, 15) is 4.79 Å². The first-order valence-electron chi connectivity index (χ1n) is 8.66. The van der Waals surface area contributed by atoms with Gasteiger partial charge in [0, 0.05) is 30.1 Å². The van der Waals surface area contributed by atoms with E-state index in [2.05, 4.69) is 27.0 Å². The number of thioether (sulfide) groups is 1. The maximum absolute atomic E-state index is 12.3. The van der Waals surface area contributed by atoms with Crippen molar-refractivity contribution in [3.05, 3.63) is 15.6 Å². The van der Waals surface area contributed by atoms with Gasteiger partial charge in [-0.2, -0.15) is 11.8 Å². The van der Waals surface area contributed by atoms with Crippen LogP contribution >= 0.6 is 23.1 Å². The largest absolute Gasteiger partial charge is 0.353 e. The first-order chi connectivity index (χ1) is 11.1. The summed E-state index contributed by atoms with van der Waals surface area (Å²) >= 11 is 3.73. The number of aromatic nitrogens is 1.